The Bertz CT molecular complexity index is 1900. The molecule has 1 unspecified atom stereocenters. The van der Waals surface area contributed by atoms with Crippen molar-refractivity contribution in [2.75, 3.05) is 5.32 Å². The molecule has 48 heavy (non-hydrogen) atoms. The summed E-state index contributed by atoms with van der Waals surface area (Å²) in [7, 11) is 0. The Balaban J connectivity index is 1.46. The van der Waals surface area contributed by atoms with E-state index in [1.165, 1.54) is 0 Å². The van der Waals surface area contributed by atoms with Gasteiger partial charge in [0.1, 0.15) is 29.6 Å². The standard InChI is InChI=1S/C35H35F3N4O6/c1-16(2)26-32-42-27(31-39-20(15-46-31)14-34(36,37)38)29(48-32)35-21-7-5-6-8-23(21)40-33(35)47-25-10-9-18(12-22(25)35)11-19(30(45)41-26)13-24(43)28(44)17(3)4/h5-10,12,15-17,19,26,28,33,40,44H,11,13-14H2,1-4H3,(H,41,45)/t19-,26+,28+,33?,35+/m1/s1. The number of nitrogens with zero attached hydrogens (tertiary/aromatic N) is 2. The van der Waals surface area contributed by atoms with Gasteiger partial charge in [0.05, 0.1) is 12.1 Å². The first-order valence-electron chi connectivity index (χ1n) is 16.0. The number of carbonyl (C=O) groups is 2. The summed E-state index contributed by atoms with van der Waals surface area (Å²) in [6.07, 6.45) is -6.81. The van der Waals surface area contributed by atoms with E-state index in [1.807, 2.05) is 50.2 Å². The fourth-order valence-electron chi connectivity index (χ4n) is 7.00. The van der Waals surface area contributed by atoms with Gasteiger partial charge < -0.3 is 29.3 Å². The molecule has 2 aromatic heterocycles. The summed E-state index contributed by atoms with van der Waals surface area (Å²) in [6, 6.07) is 12.3. The van der Waals surface area contributed by atoms with Crippen molar-refractivity contribution >= 4 is 17.4 Å². The molecule has 13 heteroatoms. The van der Waals surface area contributed by atoms with Crippen LogP contribution in [-0.2, 0) is 27.8 Å². The second-order valence-electron chi connectivity index (χ2n) is 13.5. The number of benzene rings is 2. The molecule has 0 fully saturated rings. The van der Waals surface area contributed by atoms with Gasteiger partial charge in [-0.05, 0) is 41.5 Å². The van der Waals surface area contributed by atoms with Gasteiger partial charge in [-0.1, -0.05) is 58.0 Å². The minimum atomic E-state index is -4.51. The van der Waals surface area contributed by atoms with Crippen molar-refractivity contribution in [2.24, 2.45) is 17.8 Å². The molecule has 0 saturated heterocycles. The van der Waals surface area contributed by atoms with Crippen LogP contribution in [0.2, 0.25) is 0 Å². The number of hydrogen-bond acceptors (Lipinski definition) is 9. The number of aliphatic hydroxyl groups is 1. The lowest BCUT2D eigenvalue weighted by Crippen LogP contribution is -2.41. The van der Waals surface area contributed by atoms with Crippen LogP contribution >= 0.6 is 0 Å². The molecule has 3 N–H and O–H groups in total. The summed E-state index contributed by atoms with van der Waals surface area (Å²) >= 11 is 0. The third-order valence-electron chi connectivity index (χ3n) is 9.38. The normalized spacial score (nSPS) is 23.5. The van der Waals surface area contributed by atoms with Crippen molar-refractivity contribution in [1.82, 2.24) is 15.3 Å². The maximum atomic E-state index is 14.0. The number of fused-ring (bicyclic) bond motifs is 4. The highest BCUT2D eigenvalue weighted by molar-refractivity contribution is 5.89. The summed E-state index contributed by atoms with van der Waals surface area (Å²) < 4.78 is 58.8. The highest BCUT2D eigenvalue weighted by atomic mass is 19.4. The summed E-state index contributed by atoms with van der Waals surface area (Å²) in [6.45, 7) is 7.20. The molecule has 5 heterocycles. The Hall–Kier alpha value is -4.65. The Kier molecular flexibility index (Phi) is 7.65. The SMILES string of the molecule is CC(C)[C@H](O)C(=O)C[C@H]1Cc2ccc3c(c2)[C@@]2(c4ccccc4NC2O3)c2oc(nc2-c2nc(CC(F)(F)F)co2)[C@H](C(C)C)NC1=O. The van der Waals surface area contributed by atoms with Gasteiger partial charge in [-0.2, -0.15) is 13.2 Å². The number of ketones is 1. The van der Waals surface area contributed by atoms with Gasteiger partial charge in [0.15, 0.2) is 23.5 Å². The average Bonchev–Trinajstić information content (AvgIpc) is 3.78. The van der Waals surface area contributed by atoms with Crippen molar-refractivity contribution in [3.63, 3.8) is 0 Å². The van der Waals surface area contributed by atoms with E-state index in [1.54, 1.807) is 19.9 Å². The molecule has 4 aromatic rings. The van der Waals surface area contributed by atoms with Crippen molar-refractivity contribution in [2.45, 2.75) is 76.9 Å². The highest BCUT2D eigenvalue weighted by Gasteiger charge is 2.61. The van der Waals surface area contributed by atoms with Gasteiger partial charge in [-0.25, -0.2) is 9.97 Å². The number of oxazole rings is 2. The first kappa shape index (κ1) is 31.9. The third-order valence-corrected chi connectivity index (χ3v) is 9.38. The van der Waals surface area contributed by atoms with Crippen LogP contribution in [0.25, 0.3) is 11.6 Å². The fraction of sp³-hybridized carbons (Fsp3) is 0.429. The maximum Gasteiger partial charge on any atom is 0.394 e. The van der Waals surface area contributed by atoms with Gasteiger partial charge in [-0.3, -0.25) is 9.59 Å². The Morgan fingerprint density at radius 1 is 1.08 bits per heavy atom. The van der Waals surface area contributed by atoms with E-state index < -0.39 is 54.0 Å². The van der Waals surface area contributed by atoms with E-state index in [2.05, 4.69) is 15.6 Å². The van der Waals surface area contributed by atoms with E-state index in [9.17, 15) is 27.9 Å². The number of nitrogens with one attached hydrogen (secondary N) is 2. The number of para-hydroxylation sites is 1. The predicted molar refractivity (Wildman–Crippen MR) is 166 cm³/mol. The van der Waals surface area contributed by atoms with Crippen LogP contribution in [0.4, 0.5) is 18.9 Å². The smallest absolute Gasteiger partial charge is 0.394 e. The van der Waals surface area contributed by atoms with Crippen LogP contribution in [0.5, 0.6) is 5.75 Å². The Labute approximate surface area is 274 Å². The van der Waals surface area contributed by atoms with Gasteiger partial charge >= 0.3 is 6.18 Å². The number of alkyl halides is 3. The number of aromatic nitrogens is 2. The number of aliphatic hydroxyl groups excluding tert-OH is 1. The van der Waals surface area contributed by atoms with E-state index in [-0.39, 0.29) is 53.6 Å². The molecule has 4 bridgehead atoms. The highest BCUT2D eigenvalue weighted by Crippen LogP contribution is 2.59. The summed E-state index contributed by atoms with van der Waals surface area (Å²) in [5, 5.41) is 17.0. The zero-order valence-corrected chi connectivity index (χ0v) is 26.7. The van der Waals surface area contributed by atoms with Crippen LogP contribution in [0.15, 0.2) is 57.6 Å². The summed E-state index contributed by atoms with van der Waals surface area (Å²) in [5.41, 5.74) is 1.54. The third kappa shape index (κ3) is 5.24. The quantitative estimate of drug-likeness (QED) is 0.221. The minimum Gasteiger partial charge on any atom is -0.469 e. The second kappa shape index (κ2) is 11.5. The van der Waals surface area contributed by atoms with Crippen LogP contribution in [-0.4, -0.2) is 45.3 Å². The molecule has 0 radical (unpaired) electrons. The van der Waals surface area contributed by atoms with Crippen molar-refractivity contribution in [1.29, 1.82) is 0 Å². The number of ether oxygens (including phenoxy) is 1. The molecule has 2 aromatic carbocycles. The number of amides is 1. The number of anilines is 1. The number of carbonyl (C=O) groups excluding carboxylic acids is 2. The summed E-state index contributed by atoms with van der Waals surface area (Å²) in [4.78, 5) is 36.1. The fourth-order valence-corrected chi connectivity index (χ4v) is 7.00. The molecule has 5 atom stereocenters. The van der Waals surface area contributed by atoms with Gasteiger partial charge in [0.25, 0.3) is 0 Å². The Morgan fingerprint density at radius 3 is 2.58 bits per heavy atom. The van der Waals surface area contributed by atoms with Crippen LogP contribution in [0.3, 0.4) is 0 Å². The first-order chi connectivity index (χ1) is 22.8. The second-order valence-corrected chi connectivity index (χ2v) is 13.5. The molecule has 3 aliphatic rings. The van der Waals surface area contributed by atoms with Gasteiger partial charge in [0, 0.05) is 23.6 Å². The van der Waals surface area contributed by atoms with E-state index >= 15 is 0 Å². The van der Waals surface area contributed by atoms with Crippen LogP contribution < -0.4 is 15.4 Å². The largest absolute Gasteiger partial charge is 0.469 e. The van der Waals surface area contributed by atoms with Crippen molar-refractivity contribution in [3.05, 3.63) is 82.8 Å². The molecule has 0 aliphatic carbocycles. The molecule has 0 saturated carbocycles. The molecular weight excluding hydrogens is 629 g/mol. The minimum absolute atomic E-state index is 0.0784. The van der Waals surface area contributed by atoms with Gasteiger partial charge in [0.2, 0.25) is 17.7 Å². The van der Waals surface area contributed by atoms with Crippen LogP contribution in [0, 0.1) is 17.8 Å². The zero-order chi connectivity index (χ0) is 34.1. The van der Waals surface area contributed by atoms with E-state index in [0.29, 0.717) is 11.3 Å². The topological polar surface area (TPSA) is 140 Å². The van der Waals surface area contributed by atoms with Crippen molar-refractivity contribution in [3.8, 4) is 17.3 Å². The number of hydrogen-bond donors (Lipinski definition) is 3. The Morgan fingerprint density at radius 2 is 1.85 bits per heavy atom. The molecular formula is C35H35F3N4O6. The number of halogens is 3. The van der Waals surface area contributed by atoms with E-state index in [0.717, 1.165) is 23.1 Å². The van der Waals surface area contributed by atoms with E-state index in [4.69, 9.17) is 18.6 Å². The monoisotopic (exact) mass is 664 g/mol. The first-order valence-corrected chi connectivity index (χ1v) is 16.0. The molecule has 1 spiro atoms. The lowest BCUT2D eigenvalue weighted by molar-refractivity contribution is -0.135. The predicted octanol–water partition coefficient (Wildman–Crippen LogP) is 5.87. The van der Waals surface area contributed by atoms with Crippen molar-refractivity contribution < 1.29 is 41.4 Å². The molecule has 252 valence electrons. The van der Waals surface area contributed by atoms with Gasteiger partial charge in [-0.15, -0.1) is 0 Å². The lowest BCUT2D eigenvalue weighted by Gasteiger charge is -2.28. The van der Waals surface area contributed by atoms with Crippen LogP contribution in [0.1, 0.15) is 74.2 Å². The zero-order valence-electron chi connectivity index (χ0n) is 26.7. The molecule has 1 amide bonds. The summed E-state index contributed by atoms with van der Waals surface area (Å²) in [5.74, 6) is -1.60. The average molecular weight is 665 g/mol. The number of Topliss-reactive ketones (excluding diaryl/α,β-unsaturated/α-hetero) is 1. The number of rotatable bonds is 7. The lowest BCUT2D eigenvalue weighted by atomic mass is 9.72. The molecule has 10 nitrogen and oxygen atoms in total. The molecule has 7 rings (SSSR count). The molecule has 3 aliphatic heterocycles. The maximum absolute atomic E-state index is 14.0.